The largest absolute Gasteiger partial charge is 0.312 e. The average Bonchev–Trinajstić information content (AvgIpc) is 2.90. The van der Waals surface area contributed by atoms with E-state index in [-0.39, 0.29) is 0 Å². The molecule has 2 aromatic rings. The minimum Gasteiger partial charge on any atom is -0.312 e. The van der Waals surface area contributed by atoms with Gasteiger partial charge in [-0.25, -0.2) is 0 Å². The standard InChI is InChI=1S/C17H24N4/c1-3-5-15-17-20-19-16(21(17)11-10-18-15)9-8-14-7-4-6-13(2)12-14/h4,6-7,12,15,18H,3,5,8-11H2,1-2H3. The van der Waals surface area contributed by atoms with Crippen molar-refractivity contribution in [3.63, 3.8) is 0 Å². The smallest absolute Gasteiger partial charge is 0.150 e. The van der Waals surface area contributed by atoms with Crippen LogP contribution < -0.4 is 5.32 Å². The molecule has 112 valence electrons. The molecular weight excluding hydrogens is 260 g/mol. The number of nitrogens with one attached hydrogen (secondary N) is 1. The summed E-state index contributed by atoms with van der Waals surface area (Å²) in [7, 11) is 0. The first-order valence-electron chi connectivity index (χ1n) is 7.99. The number of aromatic nitrogens is 3. The minimum atomic E-state index is 0.379. The second-order valence-electron chi connectivity index (χ2n) is 5.91. The summed E-state index contributed by atoms with van der Waals surface area (Å²) in [5, 5.41) is 12.4. The second kappa shape index (κ2) is 6.39. The molecule has 1 aliphatic rings. The summed E-state index contributed by atoms with van der Waals surface area (Å²) in [6.07, 6.45) is 4.31. The van der Waals surface area contributed by atoms with Crippen molar-refractivity contribution in [3.05, 3.63) is 47.0 Å². The maximum atomic E-state index is 4.44. The van der Waals surface area contributed by atoms with Crippen LogP contribution in [0.15, 0.2) is 24.3 Å². The quantitative estimate of drug-likeness (QED) is 0.918. The van der Waals surface area contributed by atoms with Crippen molar-refractivity contribution in [2.75, 3.05) is 6.54 Å². The Hall–Kier alpha value is -1.68. The van der Waals surface area contributed by atoms with E-state index in [1.54, 1.807) is 0 Å². The van der Waals surface area contributed by atoms with Crippen LogP contribution in [0.25, 0.3) is 0 Å². The lowest BCUT2D eigenvalue weighted by molar-refractivity contribution is 0.388. The van der Waals surface area contributed by atoms with Crippen LogP contribution >= 0.6 is 0 Å². The van der Waals surface area contributed by atoms with Crippen molar-refractivity contribution in [1.29, 1.82) is 0 Å². The van der Waals surface area contributed by atoms with E-state index in [1.807, 2.05) is 0 Å². The zero-order chi connectivity index (χ0) is 14.7. The van der Waals surface area contributed by atoms with E-state index in [2.05, 4.69) is 58.2 Å². The predicted molar refractivity (Wildman–Crippen MR) is 84.3 cm³/mol. The van der Waals surface area contributed by atoms with Gasteiger partial charge in [0.25, 0.3) is 0 Å². The fraction of sp³-hybridized carbons (Fsp3) is 0.529. The number of aryl methyl sites for hydroxylation is 3. The average molecular weight is 284 g/mol. The molecule has 0 amide bonds. The number of nitrogens with zero attached hydrogens (tertiary/aromatic N) is 3. The van der Waals surface area contributed by atoms with E-state index in [0.717, 1.165) is 44.0 Å². The molecule has 0 fully saturated rings. The number of hydrogen-bond acceptors (Lipinski definition) is 3. The molecule has 0 spiro atoms. The van der Waals surface area contributed by atoms with E-state index in [4.69, 9.17) is 0 Å². The van der Waals surface area contributed by atoms with Gasteiger partial charge < -0.3 is 9.88 Å². The van der Waals surface area contributed by atoms with Crippen LogP contribution in [0.5, 0.6) is 0 Å². The van der Waals surface area contributed by atoms with Gasteiger partial charge in [0.2, 0.25) is 0 Å². The van der Waals surface area contributed by atoms with E-state index in [0.29, 0.717) is 6.04 Å². The highest BCUT2D eigenvalue weighted by Crippen LogP contribution is 2.21. The first kappa shape index (κ1) is 14.3. The third-order valence-electron chi connectivity index (χ3n) is 4.19. The highest BCUT2D eigenvalue weighted by atomic mass is 15.3. The number of benzene rings is 1. The molecule has 0 saturated heterocycles. The van der Waals surface area contributed by atoms with Gasteiger partial charge in [-0.15, -0.1) is 10.2 Å². The van der Waals surface area contributed by atoms with E-state index >= 15 is 0 Å². The Kier molecular flexibility index (Phi) is 4.34. The van der Waals surface area contributed by atoms with Gasteiger partial charge in [0.05, 0.1) is 6.04 Å². The van der Waals surface area contributed by atoms with Crippen molar-refractivity contribution in [1.82, 2.24) is 20.1 Å². The molecule has 21 heavy (non-hydrogen) atoms. The van der Waals surface area contributed by atoms with Crippen molar-refractivity contribution in [3.8, 4) is 0 Å². The SMILES string of the molecule is CCCC1NCCn2c(CCc3cccc(C)c3)nnc21. The lowest BCUT2D eigenvalue weighted by Gasteiger charge is -2.24. The highest BCUT2D eigenvalue weighted by Gasteiger charge is 2.23. The molecule has 1 atom stereocenters. The molecule has 1 aliphatic heterocycles. The summed E-state index contributed by atoms with van der Waals surface area (Å²) < 4.78 is 2.33. The summed E-state index contributed by atoms with van der Waals surface area (Å²) in [5.74, 6) is 2.26. The lowest BCUT2D eigenvalue weighted by Crippen LogP contribution is -2.34. The van der Waals surface area contributed by atoms with Crippen LogP contribution in [-0.4, -0.2) is 21.3 Å². The normalized spacial score (nSPS) is 17.7. The van der Waals surface area contributed by atoms with E-state index in [1.165, 1.54) is 17.5 Å². The Labute approximate surface area is 126 Å². The molecule has 0 radical (unpaired) electrons. The van der Waals surface area contributed by atoms with Crippen molar-refractivity contribution in [2.24, 2.45) is 0 Å². The van der Waals surface area contributed by atoms with Gasteiger partial charge in [-0.2, -0.15) is 0 Å². The van der Waals surface area contributed by atoms with Crippen molar-refractivity contribution >= 4 is 0 Å². The van der Waals surface area contributed by atoms with E-state index in [9.17, 15) is 0 Å². The number of rotatable bonds is 5. The van der Waals surface area contributed by atoms with Crippen molar-refractivity contribution in [2.45, 2.75) is 52.1 Å². The van der Waals surface area contributed by atoms with Gasteiger partial charge in [-0.05, 0) is 25.3 Å². The minimum absolute atomic E-state index is 0.379. The molecule has 0 aliphatic carbocycles. The van der Waals surface area contributed by atoms with Crippen LogP contribution in [0.4, 0.5) is 0 Å². The van der Waals surface area contributed by atoms with Crippen LogP contribution in [0.1, 0.15) is 48.6 Å². The lowest BCUT2D eigenvalue weighted by atomic mass is 10.1. The van der Waals surface area contributed by atoms with Crippen LogP contribution in [0.3, 0.4) is 0 Å². The number of hydrogen-bond donors (Lipinski definition) is 1. The van der Waals surface area contributed by atoms with Gasteiger partial charge in [0, 0.05) is 19.5 Å². The zero-order valence-corrected chi connectivity index (χ0v) is 13.0. The molecule has 1 unspecified atom stereocenters. The van der Waals surface area contributed by atoms with Gasteiger partial charge in [-0.1, -0.05) is 43.2 Å². The fourth-order valence-electron chi connectivity index (χ4n) is 3.12. The maximum absolute atomic E-state index is 4.44. The zero-order valence-electron chi connectivity index (χ0n) is 13.0. The third-order valence-corrected chi connectivity index (χ3v) is 4.19. The van der Waals surface area contributed by atoms with Gasteiger partial charge in [-0.3, -0.25) is 0 Å². The summed E-state index contributed by atoms with van der Waals surface area (Å²) >= 11 is 0. The predicted octanol–water partition coefficient (Wildman–Crippen LogP) is 2.82. The topological polar surface area (TPSA) is 42.7 Å². The van der Waals surface area contributed by atoms with Gasteiger partial charge in [0.15, 0.2) is 0 Å². The second-order valence-corrected chi connectivity index (χ2v) is 5.91. The Morgan fingerprint density at radius 3 is 3.00 bits per heavy atom. The Morgan fingerprint density at radius 1 is 1.29 bits per heavy atom. The summed E-state index contributed by atoms with van der Waals surface area (Å²) in [6, 6.07) is 9.11. The Morgan fingerprint density at radius 2 is 2.19 bits per heavy atom. The summed E-state index contributed by atoms with van der Waals surface area (Å²) in [5.41, 5.74) is 2.70. The molecule has 4 heteroatoms. The van der Waals surface area contributed by atoms with Crippen LogP contribution in [0, 0.1) is 6.92 Å². The Balaban J connectivity index is 1.72. The van der Waals surface area contributed by atoms with Crippen molar-refractivity contribution < 1.29 is 0 Å². The molecule has 1 aromatic carbocycles. The molecule has 3 rings (SSSR count). The summed E-state index contributed by atoms with van der Waals surface area (Å²) in [4.78, 5) is 0. The molecule has 2 heterocycles. The number of fused-ring (bicyclic) bond motifs is 1. The first-order valence-corrected chi connectivity index (χ1v) is 7.99. The van der Waals surface area contributed by atoms with Gasteiger partial charge >= 0.3 is 0 Å². The third kappa shape index (κ3) is 3.16. The molecule has 0 bridgehead atoms. The molecule has 0 saturated carbocycles. The van der Waals surface area contributed by atoms with Crippen LogP contribution in [-0.2, 0) is 19.4 Å². The first-order chi connectivity index (χ1) is 10.3. The molecular formula is C17H24N4. The monoisotopic (exact) mass is 284 g/mol. The highest BCUT2D eigenvalue weighted by molar-refractivity contribution is 5.22. The molecule has 1 aromatic heterocycles. The van der Waals surface area contributed by atoms with E-state index < -0.39 is 0 Å². The molecule has 4 nitrogen and oxygen atoms in total. The molecule has 1 N–H and O–H groups in total. The van der Waals surface area contributed by atoms with Crippen LogP contribution in [0.2, 0.25) is 0 Å². The Bertz CT molecular complexity index is 603. The summed E-state index contributed by atoms with van der Waals surface area (Å²) in [6.45, 7) is 6.37. The van der Waals surface area contributed by atoms with Gasteiger partial charge in [0.1, 0.15) is 11.6 Å². The maximum Gasteiger partial charge on any atom is 0.150 e. The fourth-order valence-corrected chi connectivity index (χ4v) is 3.12.